The summed E-state index contributed by atoms with van der Waals surface area (Å²) in [5.74, 6) is -0.0964. The van der Waals surface area contributed by atoms with E-state index in [0.717, 1.165) is 0 Å². The van der Waals surface area contributed by atoms with E-state index in [2.05, 4.69) is 15.1 Å². The highest BCUT2D eigenvalue weighted by Crippen LogP contribution is 2.02. The van der Waals surface area contributed by atoms with Gasteiger partial charge in [0, 0.05) is 6.20 Å². The van der Waals surface area contributed by atoms with Gasteiger partial charge in [-0.2, -0.15) is 4.98 Å². The number of aryl methyl sites for hydroxylation is 1. The quantitative estimate of drug-likeness (QED) is 0.780. The number of imidazole rings is 1. The average molecular weight is 208 g/mol. The molecular weight excluding hydrogens is 200 g/mol. The second-order valence-corrected chi connectivity index (χ2v) is 2.97. The standard InChI is InChI=1S/C8H8N4O3/c1-5-10-7(15-11-5)3-12-2-6(8(13)14)9-4-12/h2,4H,3H2,1H3,(H,13,14). The van der Waals surface area contributed by atoms with E-state index in [0.29, 0.717) is 18.3 Å². The topological polar surface area (TPSA) is 94.0 Å². The number of carboxylic acids is 1. The number of carbonyl (C=O) groups is 1. The van der Waals surface area contributed by atoms with Crippen molar-refractivity contribution >= 4 is 5.97 Å². The van der Waals surface area contributed by atoms with Crippen LogP contribution in [0.2, 0.25) is 0 Å². The maximum atomic E-state index is 10.5. The van der Waals surface area contributed by atoms with Crippen molar-refractivity contribution in [2.45, 2.75) is 13.5 Å². The Labute approximate surface area is 84.4 Å². The van der Waals surface area contributed by atoms with Crippen molar-refractivity contribution in [1.82, 2.24) is 19.7 Å². The van der Waals surface area contributed by atoms with Crippen LogP contribution in [0.25, 0.3) is 0 Å². The molecule has 7 nitrogen and oxygen atoms in total. The highest BCUT2D eigenvalue weighted by atomic mass is 16.5. The zero-order chi connectivity index (χ0) is 10.8. The van der Waals surface area contributed by atoms with Gasteiger partial charge in [0.15, 0.2) is 11.5 Å². The van der Waals surface area contributed by atoms with Gasteiger partial charge in [-0.3, -0.25) is 0 Å². The van der Waals surface area contributed by atoms with Gasteiger partial charge in [0.05, 0.1) is 6.33 Å². The fourth-order valence-corrected chi connectivity index (χ4v) is 1.12. The number of aromatic carboxylic acids is 1. The molecule has 1 N–H and O–H groups in total. The first-order valence-corrected chi connectivity index (χ1v) is 4.19. The third-order valence-corrected chi connectivity index (χ3v) is 1.74. The summed E-state index contributed by atoms with van der Waals surface area (Å²) in [5, 5.41) is 12.3. The molecule has 0 saturated carbocycles. The van der Waals surface area contributed by atoms with E-state index < -0.39 is 5.97 Å². The van der Waals surface area contributed by atoms with Gasteiger partial charge in [0.25, 0.3) is 0 Å². The van der Waals surface area contributed by atoms with Gasteiger partial charge in [-0.1, -0.05) is 5.16 Å². The maximum absolute atomic E-state index is 10.5. The fourth-order valence-electron chi connectivity index (χ4n) is 1.12. The Kier molecular flexibility index (Phi) is 2.20. The predicted octanol–water partition coefficient (Wildman–Crippen LogP) is 0.321. The summed E-state index contributed by atoms with van der Waals surface area (Å²) in [6.45, 7) is 2.03. The van der Waals surface area contributed by atoms with Crippen LogP contribution >= 0.6 is 0 Å². The summed E-state index contributed by atoms with van der Waals surface area (Å²) < 4.78 is 6.45. The van der Waals surface area contributed by atoms with Crippen LogP contribution in [0.3, 0.4) is 0 Å². The zero-order valence-electron chi connectivity index (χ0n) is 7.91. The Hall–Kier alpha value is -2.18. The normalized spacial score (nSPS) is 10.5. The number of hydrogen-bond donors (Lipinski definition) is 1. The first kappa shape index (κ1) is 9.38. The van der Waals surface area contributed by atoms with Crippen molar-refractivity contribution in [2.75, 3.05) is 0 Å². The summed E-state index contributed by atoms with van der Waals surface area (Å²) in [7, 11) is 0. The third-order valence-electron chi connectivity index (χ3n) is 1.74. The summed E-state index contributed by atoms with van der Waals surface area (Å²) in [6.07, 6.45) is 2.81. The largest absolute Gasteiger partial charge is 0.476 e. The molecule has 7 heteroatoms. The molecule has 0 atom stereocenters. The highest BCUT2D eigenvalue weighted by Gasteiger charge is 2.08. The van der Waals surface area contributed by atoms with Crippen LogP contribution in [0.15, 0.2) is 17.0 Å². The Morgan fingerprint density at radius 3 is 3.00 bits per heavy atom. The predicted molar refractivity (Wildman–Crippen MR) is 47.3 cm³/mol. The van der Waals surface area contributed by atoms with Crippen molar-refractivity contribution in [3.63, 3.8) is 0 Å². The van der Waals surface area contributed by atoms with Crippen molar-refractivity contribution in [3.05, 3.63) is 29.9 Å². The summed E-state index contributed by atoms with van der Waals surface area (Å²) in [4.78, 5) is 18.2. The lowest BCUT2D eigenvalue weighted by atomic mass is 10.5. The monoisotopic (exact) mass is 208 g/mol. The van der Waals surface area contributed by atoms with Crippen LogP contribution in [0, 0.1) is 6.92 Å². The van der Waals surface area contributed by atoms with Crippen LogP contribution in [0.4, 0.5) is 0 Å². The highest BCUT2D eigenvalue weighted by molar-refractivity contribution is 5.84. The maximum Gasteiger partial charge on any atom is 0.356 e. The summed E-state index contributed by atoms with van der Waals surface area (Å²) in [5.41, 5.74) is -0.00811. The molecule has 2 heterocycles. The van der Waals surface area contributed by atoms with E-state index in [-0.39, 0.29) is 5.69 Å². The van der Waals surface area contributed by atoms with Gasteiger partial charge < -0.3 is 14.2 Å². The zero-order valence-corrected chi connectivity index (χ0v) is 7.91. The van der Waals surface area contributed by atoms with Gasteiger partial charge in [-0.05, 0) is 6.92 Å². The molecule has 78 valence electrons. The molecule has 2 aromatic heterocycles. The van der Waals surface area contributed by atoms with E-state index in [1.54, 1.807) is 11.5 Å². The first-order valence-electron chi connectivity index (χ1n) is 4.19. The molecule has 0 aromatic carbocycles. The second-order valence-electron chi connectivity index (χ2n) is 2.97. The van der Waals surface area contributed by atoms with E-state index in [1.165, 1.54) is 12.5 Å². The lowest BCUT2D eigenvalue weighted by molar-refractivity contribution is 0.0691. The molecule has 0 radical (unpaired) electrons. The Morgan fingerprint density at radius 1 is 1.67 bits per heavy atom. The Bertz CT molecular complexity index is 488. The smallest absolute Gasteiger partial charge is 0.356 e. The minimum Gasteiger partial charge on any atom is -0.476 e. The molecule has 0 saturated heterocycles. The Balaban J connectivity index is 2.14. The molecule has 2 rings (SSSR count). The fraction of sp³-hybridized carbons (Fsp3) is 0.250. The van der Waals surface area contributed by atoms with Crippen LogP contribution in [0.1, 0.15) is 22.2 Å². The number of nitrogens with zero attached hydrogens (tertiary/aromatic N) is 4. The van der Waals surface area contributed by atoms with Crippen LogP contribution in [-0.2, 0) is 6.54 Å². The molecule has 0 spiro atoms. The van der Waals surface area contributed by atoms with Gasteiger partial charge >= 0.3 is 5.97 Å². The molecule has 0 aliphatic rings. The average Bonchev–Trinajstić information content (AvgIpc) is 2.76. The van der Waals surface area contributed by atoms with Crippen molar-refractivity contribution in [2.24, 2.45) is 0 Å². The van der Waals surface area contributed by atoms with E-state index >= 15 is 0 Å². The molecule has 0 aliphatic carbocycles. The molecule has 2 aromatic rings. The van der Waals surface area contributed by atoms with E-state index in [1.807, 2.05) is 0 Å². The molecular formula is C8H8N4O3. The van der Waals surface area contributed by atoms with Crippen molar-refractivity contribution in [3.8, 4) is 0 Å². The molecule has 0 fully saturated rings. The van der Waals surface area contributed by atoms with Gasteiger partial charge in [-0.25, -0.2) is 9.78 Å². The van der Waals surface area contributed by atoms with Gasteiger partial charge in [0.2, 0.25) is 5.89 Å². The number of aromatic nitrogens is 4. The molecule has 0 unspecified atom stereocenters. The van der Waals surface area contributed by atoms with Crippen LogP contribution in [-0.4, -0.2) is 30.8 Å². The van der Waals surface area contributed by atoms with E-state index in [9.17, 15) is 4.79 Å². The first-order chi connectivity index (χ1) is 7.15. The number of carboxylic acid groups (broad SMARTS) is 1. The van der Waals surface area contributed by atoms with E-state index in [4.69, 9.17) is 9.63 Å². The number of rotatable bonds is 3. The Morgan fingerprint density at radius 2 is 2.47 bits per heavy atom. The molecule has 0 bridgehead atoms. The molecule has 0 amide bonds. The minimum atomic E-state index is -1.06. The molecule has 15 heavy (non-hydrogen) atoms. The summed E-state index contributed by atoms with van der Waals surface area (Å²) in [6, 6.07) is 0. The van der Waals surface area contributed by atoms with Crippen LogP contribution in [0.5, 0.6) is 0 Å². The lowest BCUT2D eigenvalue weighted by Gasteiger charge is -1.93. The lowest BCUT2D eigenvalue weighted by Crippen LogP contribution is -1.98. The van der Waals surface area contributed by atoms with Crippen LogP contribution < -0.4 is 0 Å². The minimum absolute atomic E-state index is 0.00811. The van der Waals surface area contributed by atoms with Crippen molar-refractivity contribution < 1.29 is 14.4 Å². The number of hydrogen-bond acceptors (Lipinski definition) is 5. The van der Waals surface area contributed by atoms with Crippen molar-refractivity contribution in [1.29, 1.82) is 0 Å². The SMILES string of the molecule is Cc1noc(Cn2cnc(C(=O)O)c2)n1. The van der Waals surface area contributed by atoms with Gasteiger partial charge in [-0.15, -0.1) is 0 Å². The second kappa shape index (κ2) is 3.52. The third kappa shape index (κ3) is 2.01. The summed E-state index contributed by atoms with van der Waals surface area (Å²) >= 11 is 0. The van der Waals surface area contributed by atoms with Gasteiger partial charge in [0.1, 0.15) is 6.54 Å². The molecule has 0 aliphatic heterocycles.